The molecule has 2 fully saturated rings. The highest BCUT2D eigenvalue weighted by molar-refractivity contribution is 5.76. The van der Waals surface area contributed by atoms with Gasteiger partial charge in [-0.15, -0.1) is 0 Å². The van der Waals surface area contributed by atoms with Crippen LogP contribution in [0, 0.1) is 0 Å². The van der Waals surface area contributed by atoms with Gasteiger partial charge in [-0.2, -0.15) is 0 Å². The number of carbonyl (C=O) groups is 1. The summed E-state index contributed by atoms with van der Waals surface area (Å²) in [5, 5.41) is 86.5. The van der Waals surface area contributed by atoms with Crippen molar-refractivity contribution in [2.45, 2.75) is 248 Å². The minimum Gasteiger partial charge on any atom is -0.394 e. The quantitative estimate of drug-likeness (QED) is 0.0261. The Hall–Kier alpha value is -1.79. The van der Waals surface area contributed by atoms with E-state index in [9.17, 15) is 45.6 Å². The molecule has 0 aromatic heterocycles. The smallest absolute Gasteiger partial charge is 0.220 e. The zero-order chi connectivity index (χ0) is 46.1. The largest absolute Gasteiger partial charge is 0.394 e. The summed E-state index contributed by atoms with van der Waals surface area (Å²) < 4.78 is 22.6. The third-order valence-electron chi connectivity index (χ3n) is 12.0. The van der Waals surface area contributed by atoms with E-state index in [1.807, 2.05) is 6.08 Å². The van der Waals surface area contributed by atoms with Crippen molar-refractivity contribution in [2.24, 2.45) is 0 Å². The van der Waals surface area contributed by atoms with E-state index in [1.165, 1.54) is 109 Å². The molecule has 0 saturated carbocycles. The fourth-order valence-corrected chi connectivity index (χ4v) is 7.95. The fraction of sp³-hybridized carbons (Fsp3) is 0.857. The predicted molar refractivity (Wildman–Crippen MR) is 244 cm³/mol. The van der Waals surface area contributed by atoms with Crippen LogP contribution >= 0.6 is 0 Å². The van der Waals surface area contributed by atoms with E-state index < -0.39 is 86.8 Å². The highest BCUT2D eigenvalue weighted by Crippen LogP contribution is 2.30. The molecule has 2 aliphatic rings. The van der Waals surface area contributed by atoms with Gasteiger partial charge >= 0.3 is 0 Å². The molecule has 0 bridgehead atoms. The Morgan fingerprint density at radius 1 is 0.556 bits per heavy atom. The molecule has 2 saturated heterocycles. The van der Waals surface area contributed by atoms with Gasteiger partial charge in [0.1, 0.15) is 48.8 Å². The number of ether oxygens (including phenoxy) is 4. The minimum atomic E-state index is -1.79. The molecule has 2 aliphatic heterocycles. The molecule has 1 amide bonds. The standard InChI is InChI=1S/C49H89NO13/c1-3-5-7-9-11-13-15-16-17-18-19-20-21-22-23-25-27-29-31-33-41(54)50-37(38(53)32-30-28-26-24-14-12-10-8-6-4-2)36-60-48-46(59)44(57)47(40(35-52)62-48)63-49-45(58)43(56)42(55)39(34-51)61-49/h14,16-17,24,30,32,37-40,42-49,51-53,55-59H,3-13,15,18-23,25-29,31,33-36H2,1-2H3,(H,50,54)/b17-16-,24-14+,32-30+. The van der Waals surface area contributed by atoms with Crippen molar-refractivity contribution in [1.29, 1.82) is 0 Å². The van der Waals surface area contributed by atoms with Crippen molar-refractivity contribution in [3.05, 3.63) is 36.5 Å². The van der Waals surface area contributed by atoms with Crippen LogP contribution in [0.5, 0.6) is 0 Å². The Kier molecular flexibility index (Phi) is 33.1. The van der Waals surface area contributed by atoms with Crippen LogP contribution in [0.3, 0.4) is 0 Å². The number of amides is 1. The summed E-state index contributed by atoms with van der Waals surface area (Å²) in [6.45, 7) is 2.71. The SMILES string of the molecule is CCCCCC/C=C/CC/C=C/C(O)C(COC1OC(CO)C(OC2OC(CO)C(O)C(O)C2O)C(O)C1O)NC(=O)CCCCCCCCCCC/C=C\CCCCCCCC. The Morgan fingerprint density at radius 2 is 1.02 bits per heavy atom. The molecule has 2 heterocycles. The van der Waals surface area contributed by atoms with Crippen LogP contribution in [0.25, 0.3) is 0 Å². The molecule has 12 unspecified atom stereocenters. The lowest BCUT2D eigenvalue weighted by molar-refractivity contribution is -0.359. The summed E-state index contributed by atoms with van der Waals surface area (Å²) in [6, 6.07) is -0.928. The van der Waals surface area contributed by atoms with Gasteiger partial charge in [0.25, 0.3) is 0 Å². The van der Waals surface area contributed by atoms with Gasteiger partial charge in [0.2, 0.25) is 5.91 Å². The second-order valence-corrected chi connectivity index (χ2v) is 17.6. The summed E-state index contributed by atoms with van der Waals surface area (Å²) in [6.07, 6.45) is 23.4. The first-order valence-corrected chi connectivity index (χ1v) is 24.7. The van der Waals surface area contributed by atoms with Gasteiger partial charge in [-0.1, -0.05) is 147 Å². The lowest BCUT2D eigenvalue weighted by Gasteiger charge is -2.46. The topological polar surface area (TPSA) is 228 Å². The lowest BCUT2D eigenvalue weighted by Crippen LogP contribution is -2.65. The van der Waals surface area contributed by atoms with E-state index in [4.69, 9.17) is 18.9 Å². The van der Waals surface area contributed by atoms with Gasteiger partial charge in [-0.3, -0.25) is 4.79 Å². The number of rotatable bonds is 37. The van der Waals surface area contributed by atoms with Crippen LogP contribution in [0.2, 0.25) is 0 Å². The first-order chi connectivity index (χ1) is 30.6. The number of hydrogen-bond donors (Lipinski definition) is 9. The number of carbonyl (C=O) groups excluding carboxylic acids is 1. The molecule has 0 radical (unpaired) electrons. The molecular formula is C49H89NO13. The van der Waals surface area contributed by atoms with Crippen LogP contribution in [0.15, 0.2) is 36.5 Å². The molecule has 9 N–H and O–H groups in total. The third-order valence-corrected chi connectivity index (χ3v) is 12.0. The number of nitrogens with one attached hydrogen (secondary N) is 1. The van der Waals surface area contributed by atoms with E-state index in [2.05, 4.69) is 43.5 Å². The maximum absolute atomic E-state index is 13.1. The molecule has 0 aromatic rings. The summed E-state index contributed by atoms with van der Waals surface area (Å²) >= 11 is 0. The fourth-order valence-electron chi connectivity index (χ4n) is 7.95. The second kappa shape index (κ2) is 36.3. The Labute approximate surface area is 379 Å². The molecule has 12 atom stereocenters. The van der Waals surface area contributed by atoms with Crippen molar-refractivity contribution < 1.29 is 64.6 Å². The Bertz CT molecular complexity index is 1200. The highest BCUT2D eigenvalue weighted by Gasteiger charge is 2.51. The molecule has 0 spiro atoms. The zero-order valence-corrected chi connectivity index (χ0v) is 38.8. The van der Waals surface area contributed by atoms with E-state index in [1.54, 1.807) is 6.08 Å². The molecular weight excluding hydrogens is 811 g/mol. The molecule has 14 nitrogen and oxygen atoms in total. The third kappa shape index (κ3) is 24.0. The summed E-state index contributed by atoms with van der Waals surface area (Å²) in [4.78, 5) is 13.1. The van der Waals surface area contributed by atoms with Gasteiger partial charge in [0.05, 0.1) is 32.0 Å². The summed E-state index contributed by atoms with van der Waals surface area (Å²) in [5.41, 5.74) is 0. The van der Waals surface area contributed by atoms with E-state index in [-0.39, 0.29) is 18.9 Å². The van der Waals surface area contributed by atoms with Gasteiger partial charge in [-0.25, -0.2) is 0 Å². The zero-order valence-electron chi connectivity index (χ0n) is 38.8. The number of unbranched alkanes of at least 4 members (excludes halogenated alkanes) is 20. The molecule has 63 heavy (non-hydrogen) atoms. The van der Waals surface area contributed by atoms with Crippen molar-refractivity contribution in [1.82, 2.24) is 5.32 Å². The Balaban J connectivity index is 1.83. The van der Waals surface area contributed by atoms with Gasteiger partial charge in [0.15, 0.2) is 12.6 Å². The average molecular weight is 900 g/mol. The average Bonchev–Trinajstić information content (AvgIpc) is 3.28. The van der Waals surface area contributed by atoms with Crippen LogP contribution in [0.4, 0.5) is 0 Å². The predicted octanol–water partition coefficient (Wildman–Crippen LogP) is 5.93. The highest BCUT2D eigenvalue weighted by atomic mass is 16.7. The maximum Gasteiger partial charge on any atom is 0.220 e. The first-order valence-electron chi connectivity index (χ1n) is 24.7. The van der Waals surface area contributed by atoms with Crippen LogP contribution in [-0.4, -0.2) is 140 Å². The molecule has 0 aromatic carbocycles. The van der Waals surface area contributed by atoms with Gasteiger partial charge in [-0.05, 0) is 57.8 Å². The van der Waals surface area contributed by atoms with E-state index >= 15 is 0 Å². The molecule has 2 rings (SSSR count). The van der Waals surface area contributed by atoms with Crippen molar-refractivity contribution in [3.8, 4) is 0 Å². The van der Waals surface area contributed by atoms with Crippen LogP contribution in [-0.2, 0) is 23.7 Å². The number of allylic oxidation sites excluding steroid dienone is 5. The summed E-state index contributed by atoms with van der Waals surface area (Å²) in [5.74, 6) is -0.255. The minimum absolute atomic E-state index is 0.255. The summed E-state index contributed by atoms with van der Waals surface area (Å²) in [7, 11) is 0. The van der Waals surface area contributed by atoms with Gasteiger partial charge < -0.3 is 65.1 Å². The van der Waals surface area contributed by atoms with Crippen molar-refractivity contribution in [3.63, 3.8) is 0 Å². The van der Waals surface area contributed by atoms with E-state index in [0.717, 1.165) is 32.1 Å². The first kappa shape index (κ1) is 57.3. The Morgan fingerprint density at radius 3 is 1.57 bits per heavy atom. The second-order valence-electron chi connectivity index (χ2n) is 17.6. The molecule has 368 valence electrons. The van der Waals surface area contributed by atoms with Gasteiger partial charge in [0, 0.05) is 6.42 Å². The number of hydrogen-bond acceptors (Lipinski definition) is 13. The van der Waals surface area contributed by atoms with E-state index in [0.29, 0.717) is 12.8 Å². The van der Waals surface area contributed by atoms with Crippen LogP contribution in [0.1, 0.15) is 174 Å². The maximum atomic E-state index is 13.1. The number of aliphatic hydroxyl groups is 8. The number of aliphatic hydroxyl groups excluding tert-OH is 8. The molecule has 0 aliphatic carbocycles. The molecule has 14 heteroatoms. The monoisotopic (exact) mass is 900 g/mol. The van der Waals surface area contributed by atoms with Crippen molar-refractivity contribution >= 4 is 5.91 Å². The lowest BCUT2D eigenvalue weighted by atomic mass is 9.97. The van der Waals surface area contributed by atoms with Crippen molar-refractivity contribution in [2.75, 3.05) is 19.8 Å². The normalized spacial score (nSPS) is 27.8. The van der Waals surface area contributed by atoms with Crippen LogP contribution < -0.4 is 5.32 Å².